The molecular formula is C52H30O4P2. The maximum absolute atomic E-state index is 6.70. The average Bonchev–Trinajstić information content (AvgIpc) is 3.29. The molecule has 10 aromatic rings. The Balaban J connectivity index is 0.000000121. The van der Waals surface area contributed by atoms with E-state index in [-0.39, 0.29) is 0 Å². The topological polar surface area (TPSA) is 36.9 Å². The van der Waals surface area contributed by atoms with E-state index in [1.54, 1.807) is 0 Å². The van der Waals surface area contributed by atoms with Crippen LogP contribution in [0.25, 0.3) is 43.1 Å². The summed E-state index contributed by atoms with van der Waals surface area (Å²) in [5, 5.41) is 16.7. The van der Waals surface area contributed by atoms with E-state index in [4.69, 9.17) is 18.9 Å². The molecule has 0 bridgehead atoms. The Hall–Kier alpha value is -6.70. The van der Waals surface area contributed by atoms with Crippen molar-refractivity contribution in [3.8, 4) is 46.0 Å². The van der Waals surface area contributed by atoms with Crippen molar-refractivity contribution in [2.24, 2.45) is 0 Å². The van der Waals surface area contributed by atoms with E-state index in [0.717, 1.165) is 78.3 Å². The van der Waals surface area contributed by atoms with Crippen molar-refractivity contribution < 1.29 is 18.9 Å². The largest absolute Gasteiger partial charge is 0.456 e. The number of rotatable bonds is 0. The number of hydrogen-bond donors (Lipinski definition) is 0. The van der Waals surface area contributed by atoms with E-state index in [1.165, 1.54) is 42.6 Å². The van der Waals surface area contributed by atoms with Crippen LogP contribution in [0.4, 0.5) is 0 Å². The molecule has 4 nitrogen and oxygen atoms in total. The van der Waals surface area contributed by atoms with Crippen LogP contribution < -0.4 is 50.8 Å². The fraction of sp³-hybridized carbons (Fsp3) is 0. The summed E-state index contributed by atoms with van der Waals surface area (Å²) in [4.78, 5) is 0. The molecule has 58 heavy (non-hydrogen) atoms. The van der Waals surface area contributed by atoms with E-state index in [2.05, 4.69) is 170 Å². The summed E-state index contributed by atoms with van der Waals surface area (Å²) >= 11 is 0. The van der Waals surface area contributed by atoms with Gasteiger partial charge in [0.1, 0.15) is 46.0 Å². The van der Waals surface area contributed by atoms with E-state index in [1.807, 2.05) is 12.1 Å². The van der Waals surface area contributed by atoms with Crippen LogP contribution in [-0.4, -0.2) is 0 Å². The molecule has 0 N–H and O–H groups in total. The lowest BCUT2D eigenvalue weighted by atomic mass is 10.1. The molecule has 2 unspecified atom stereocenters. The van der Waals surface area contributed by atoms with Gasteiger partial charge in [-0.15, -0.1) is 0 Å². The molecule has 272 valence electrons. The minimum absolute atomic E-state index is 0.747. The average molecular weight is 781 g/mol. The molecule has 2 atom stereocenters. The van der Waals surface area contributed by atoms with Gasteiger partial charge in [-0.05, 0) is 57.9 Å². The maximum atomic E-state index is 6.70. The van der Waals surface area contributed by atoms with Crippen LogP contribution in [0.2, 0.25) is 0 Å². The van der Waals surface area contributed by atoms with Gasteiger partial charge in [0.2, 0.25) is 0 Å². The second-order valence-electron chi connectivity index (χ2n) is 14.8. The monoisotopic (exact) mass is 780 g/mol. The second-order valence-corrected chi connectivity index (χ2v) is 19.0. The number of fused-ring (bicyclic) bond motifs is 16. The van der Waals surface area contributed by atoms with Gasteiger partial charge in [-0.1, -0.05) is 146 Å². The van der Waals surface area contributed by atoms with Gasteiger partial charge in [-0.2, -0.15) is 0 Å². The van der Waals surface area contributed by atoms with E-state index in [9.17, 15) is 0 Å². The van der Waals surface area contributed by atoms with Gasteiger partial charge in [0.25, 0.3) is 0 Å². The van der Waals surface area contributed by atoms with Gasteiger partial charge in [0, 0.05) is 58.6 Å². The highest BCUT2D eigenvalue weighted by Gasteiger charge is 2.40. The Morgan fingerprint density at radius 1 is 0.259 bits per heavy atom. The first kappa shape index (κ1) is 32.4. The summed E-state index contributed by atoms with van der Waals surface area (Å²) in [5.74, 6) is 7.61. The van der Waals surface area contributed by atoms with Gasteiger partial charge in [-0.3, -0.25) is 0 Å². The first-order valence-corrected chi connectivity index (χ1v) is 22.1. The number of hydrogen-bond acceptors (Lipinski definition) is 4. The van der Waals surface area contributed by atoms with Crippen LogP contribution in [0.5, 0.6) is 46.0 Å². The van der Waals surface area contributed by atoms with Crippen molar-refractivity contribution in [3.05, 3.63) is 182 Å². The molecule has 0 saturated heterocycles. The lowest BCUT2D eigenvalue weighted by Gasteiger charge is -2.35. The van der Waals surface area contributed by atoms with Crippen molar-refractivity contribution in [3.63, 3.8) is 0 Å². The molecule has 6 heteroatoms. The summed E-state index contributed by atoms with van der Waals surface area (Å²) in [6.07, 6.45) is 0. The smallest absolute Gasteiger partial charge is 0.147 e. The molecule has 0 aliphatic carbocycles. The van der Waals surface area contributed by atoms with Crippen molar-refractivity contribution >= 4 is 90.8 Å². The molecule has 0 amide bonds. The highest BCUT2D eigenvalue weighted by Crippen LogP contribution is 2.57. The van der Waals surface area contributed by atoms with Crippen molar-refractivity contribution in [1.29, 1.82) is 0 Å². The predicted octanol–water partition coefficient (Wildman–Crippen LogP) is 11.9. The van der Waals surface area contributed by atoms with Crippen molar-refractivity contribution in [2.75, 3.05) is 0 Å². The number of para-hydroxylation sites is 2. The van der Waals surface area contributed by atoms with Crippen LogP contribution in [0, 0.1) is 0 Å². The minimum Gasteiger partial charge on any atom is -0.456 e. The maximum Gasteiger partial charge on any atom is 0.147 e. The predicted molar refractivity (Wildman–Crippen MR) is 241 cm³/mol. The van der Waals surface area contributed by atoms with Gasteiger partial charge < -0.3 is 18.9 Å². The summed E-state index contributed by atoms with van der Waals surface area (Å²) < 4.78 is 26.1. The molecule has 4 aliphatic rings. The Labute approximate surface area is 336 Å². The Kier molecular flexibility index (Phi) is 6.92. The first-order chi connectivity index (χ1) is 28.8. The van der Waals surface area contributed by atoms with Crippen molar-refractivity contribution in [1.82, 2.24) is 0 Å². The number of ether oxygens (including phenoxy) is 4. The van der Waals surface area contributed by atoms with Crippen LogP contribution in [0.1, 0.15) is 0 Å². The Morgan fingerprint density at radius 2 is 0.638 bits per heavy atom. The fourth-order valence-corrected chi connectivity index (χ4v) is 14.2. The summed E-state index contributed by atoms with van der Waals surface area (Å²) in [7, 11) is -1.49. The third-order valence-electron chi connectivity index (χ3n) is 11.6. The van der Waals surface area contributed by atoms with Crippen LogP contribution >= 0.6 is 15.8 Å². The SMILES string of the molecule is c1ccc2c(c1)Oc1c3c(cc4ccccc14)Oc1c(ccc4ccccc14)P23.c1ccc2c(c1)Oc1cc3ccccc3c3c1P2c1ccc2ccccc2c1O3. The van der Waals surface area contributed by atoms with Crippen molar-refractivity contribution in [2.45, 2.75) is 0 Å². The Morgan fingerprint density at radius 3 is 1.19 bits per heavy atom. The molecular weight excluding hydrogens is 751 g/mol. The molecule has 4 aliphatic heterocycles. The van der Waals surface area contributed by atoms with E-state index >= 15 is 0 Å². The third-order valence-corrected chi connectivity index (χ3v) is 16.7. The summed E-state index contributed by atoms with van der Waals surface area (Å²) in [6, 6.07) is 63.8. The summed E-state index contributed by atoms with van der Waals surface area (Å²) in [6.45, 7) is 0. The van der Waals surface area contributed by atoms with E-state index < -0.39 is 15.8 Å². The molecule has 0 aromatic heterocycles. The molecule has 10 aromatic carbocycles. The van der Waals surface area contributed by atoms with Crippen LogP contribution in [0.15, 0.2) is 182 Å². The third kappa shape index (κ3) is 4.65. The minimum atomic E-state index is -0.747. The highest BCUT2D eigenvalue weighted by molar-refractivity contribution is 7.81. The molecule has 0 fully saturated rings. The van der Waals surface area contributed by atoms with Crippen LogP contribution in [0.3, 0.4) is 0 Å². The molecule has 0 radical (unpaired) electrons. The van der Waals surface area contributed by atoms with Gasteiger partial charge in [-0.25, -0.2) is 0 Å². The molecule has 14 rings (SSSR count). The zero-order valence-corrected chi connectivity index (χ0v) is 32.6. The Bertz CT molecular complexity index is 3360. The summed E-state index contributed by atoms with van der Waals surface area (Å²) in [5.41, 5.74) is 0. The molecule has 0 spiro atoms. The molecule has 4 heterocycles. The zero-order valence-electron chi connectivity index (χ0n) is 30.8. The van der Waals surface area contributed by atoms with Gasteiger partial charge in [0.15, 0.2) is 0 Å². The van der Waals surface area contributed by atoms with Crippen LogP contribution in [-0.2, 0) is 0 Å². The highest BCUT2D eigenvalue weighted by atomic mass is 31.1. The quantitative estimate of drug-likeness (QED) is 0.144. The van der Waals surface area contributed by atoms with E-state index in [0.29, 0.717) is 0 Å². The lowest BCUT2D eigenvalue weighted by molar-refractivity contribution is 0.472. The number of benzene rings is 10. The fourth-order valence-electron chi connectivity index (χ4n) is 9.01. The standard InChI is InChI=1S/2C26H15O2P/c1-3-9-18-16(7-1)13-14-23-24(18)28-21-15-17-8-2-4-10-19(17)25-26(21)29(23)22-12-6-5-11-20(22)27-25;1-3-9-18-16(7-1)13-14-23-24(18)28-25-19-10-4-2-8-17(19)15-21-26(25)29(23)22-12-6-5-11-20(22)27-21/h2*1-15H. The second kappa shape index (κ2) is 12.4. The normalized spacial score (nSPS) is 15.8. The van der Waals surface area contributed by atoms with Gasteiger partial charge >= 0.3 is 0 Å². The molecule has 0 saturated carbocycles. The zero-order chi connectivity index (χ0) is 37.9. The lowest BCUT2D eigenvalue weighted by Crippen LogP contribution is -2.32. The first-order valence-electron chi connectivity index (χ1n) is 19.4. The van der Waals surface area contributed by atoms with Gasteiger partial charge in [0.05, 0.1) is 10.6 Å².